The van der Waals surface area contributed by atoms with E-state index in [0.29, 0.717) is 33.3 Å². The van der Waals surface area contributed by atoms with Gasteiger partial charge in [0.15, 0.2) is 5.16 Å². The van der Waals surface area contributed by atoms with Gasteiger partial charge in [-0.25, -0.2) is 4.98 Å². The average molecular weight is 400 g/mol. The van der Waals surface area contributed by atoms with Crippen LogP contribution < -0.4 is 10.9 Å². The van der Waals surface area contributed by atoms with Crippen LogP contribution in [-0.2, 0) is 4.79 Å². The first-order chi connectivity index (χ1) is 13.0. The zero-order chi connectivity index (χ0) is 19.4. The highest BCUT2D eigenvalue weighted by Crippen LogP contribution is 2.26. The molecule has 0 radical (unpaired) electrons. The Labute approximate surface area is 166 Å². The standard InChI is InChI=1S/C20H18ClN3O2S/c1-3-11-22-18(25)13(2)27-20-23-17-10-5-4-9-16(17)19(26)24(20)15-8-6-7-14(21)12-15/h3-10,12-13H,1,11H2,2H3,(H,22,25)/t13-/m1/s1. The molecule has 1 N–H and O–H groups in total. The summed E-state index contributed by atoms with van der Waals surface area (Å²) < 4.78 is 1.50. The van der Waals surface area contributed by atoms with Crippen LogP contribution in [0.4, 0.5) is 0 Å². The molecule has 3 rings (SSSR count). The zero-order valence-electron chi connectivity index (χ0n) is 14.7. The number of benzene rings is 2. The van der Waals surface area contributed by atoms with E-state index in [4.69, 9.17) is 11.6 Å². The van der Waals surface area contributed by atoms with Crippen molar-refractivity contribution in [1.29, 1.82) is 0 Å². The molecule has 0 spiro atoms. The molecule has 7 heteroatoms. The lowest BCUT2D eigenvalue weighted by Gasteiger charge is -2.16. The van der Waals surface area contributed by atoms with Gasteiger partial charge in [0.2, 0.25) is 5.91 Å². The monoisotopic (exact) mass is 399 g/mol. The lowest BCUT2D eigenvalue weighted by atomic mass is 10.2. The summed E-state index contributed by atoms with van der Waals surface area (Å²) in [7, 11) is 0. The molecule has 27 heavy (non-hydrogen) atoms. The molecule has 5 nitrogen and oxygen atoms in total. The summed E-state index contributed by atoms with van der Waals surface area (Å²) in [4.78, 5) is 30.0. The van der Waals surface area contributed by atoms with Crippen LogP contribution in [-0.4, -0.2) is 27.3 Å². The van der Waals surface area contributed by atoms with Crippen molar-refractivity contribution in [2.75, 3.05) is 6.54 Å². The van der Waals surface area contributed by atoms with Crippen molar-refractivity contribution in [2.24, 2.45) is 0 Å². The minimum Gasteiger partial charge on any atom is -0.352 e. The number of para-hydroxylation sites is 1. The number of carbonyl (C=O) groups excluding carboxylic acids is 1. The summed E-state index contributed by atoms with van der Waals surface area (Å²) in [6.07, 6.45) is 1.62. The molecule has 0 saturated carbocycles. The fraction of sp³-hybridized carbons (Fsp3) is 0.150. The molecule has 1 atom stereocenters. The molecule has 0 saturated heterocycles. The van der Waals surface area contributed by atoms with Crippen LogP contribution in [0.5, 0.6) is 0 Å². The van der Waals surface area contributed by atoms with Crippen LogP contribution in [0.2, 0.25) is 5.02 Å². The molecule has 138 valence electrons. The van der Waals surface area contributed by atoms with E-state index in [1.165, 1.54) is 16.3 Å². The Morgan fingerprint density at radius 1 is 1.33 bits per heavy atom. The van der Waals surface area contributed by atoms with Gasteiger partial charge in [0.25, 0.3) is 5.56 Å². The number of nitrogens with one attached hydrogen (secondary N) is 1. The largest absolute Gasteiger partial charge is 0.352 e. The lowest BCUT2D eigenvalue weighted by Crippen LogP contribution is -2.32. The molecule has 3 aromatic rings. The quantitative estimate of drug-likeness (QED) is 0.389. The minimum absolute atomic E-state index is 0.153. The third-order valence-electron chi connectivity index (χ3n) is 3.88. The highest BCUT2D eigenvalue weighted by Gasteiger charge is 2.20. The van der Waals surface area contributed by atoms with Gasteiger partial charge in [-0.15, -0.1) is 6.58 Å². The highest BCUT2D eigenvalue weighted by atomic mass is 35.5. The third-order valence-corrected chi connectivity index (χ3v) is 5.17. The van der Waals surface area contributed by atoms with Gasteiger partial charge in [0.1, 0.15) is 0 Å². The van der Waals surface area contributed by atoms with E-state index in [0.717, 1.165) is 0 Å². The number of aromatic nitrogens is 2. The lowest BCUT2D eigenvalue weighted by molar-refractivity contribution is -0.120. The van der Waals surface area contributed by atoms with Crippen LogP contribution >= 0.6 is 23.4 Å². The maximum absolute atomic E-state index is 13.1. The Balaban J connectivity index is 2.12. The van der Waals surface area contributed by atoms with Crippen molar-refractivity contribution in [3.63, 3.8) is 0 Å². The number of nitrogens with zero attached hydrogens (tertiary/aromatic N) is 2. The van der Waals surface area contributed by atoms with Gasteiger partial charge in [-0.1, -0.05) is 47.6 Å². The fourth-order valence-electron chi connectivity index (χ4n) is 2.56. The molecular weight excluding hydrogens is 382 g/mol. The van der Waals surface area contributed by atoms with Crippen LogP contribution in [0.15, 0.2) is 71.1 Å². The normalized spacial score (nSPS) is 11.9. The zero-order valence-corrected chi connectivity index (χ0v) is 16.3. The maximum atomic E-state index is 13.1. The van der Waals surface area contributed by atoms with E-state index in [2.05, 4.69) is 16.9 Å². The predicted octanol–water partition coefficient (Wildman–Crippen LogP) is 3.82. The summed E-state index contributed by atoms with van der Waals surface area (Å²) in [5.41, 5.74) is 0.984. The second-order valence-electron chi connectivity index (χ2n) is 5.83. The summed E-state index contributed by atoms with van der Waals surface area (Å²) in [6.45, 7) is 5.75. The van der Waals surface area contributed by atoms with Gasteiger partial charge >= 0.3 is 0 Å². The SMILES string of the molecule is C=CCNC(=O)[C@@H](C)Sc1nc2ccccc2c(=O)n1-c1cccc(Cl)c1. The molecule has 0 aliphatic carbocycles. The molecule has 1 heterocycles. The van der Waals surface area contributed by atoms with E-state index in [1.54, 1.807) is 55.5 Å². The first kappa shape index (κ1) is 19.2. The van der Waals surface area contributed by atoms with Crippen molar-refractivity contribution in [3.05, 3.63) is 76.6 Å². The number of hydrogen-bond acceptors (Lipinski definition) is 4. The number of rotatable bonds is 6. The number of amides is 1. The Kier molecular flexibility index (Phi) is 5.98. The Morgan fingerprint density at radius 2 is 2.11 bits per heavy atom. The number of carbonyl (C=O) groups is 1. The predicted molar refractivity (Wildman–Crippen MR) is 111 cm³/mol. The number of thioether (sulfide) groups is 1. The van der Waals surface area contributed by atoms with Crippen LogP contribution in [0.3, 0.4) is 0 Å². The van der Waals surface area contributed by atoms with Crippen molar-refractivity contribution in [2.45, 2.75) is 17.3 Å². The second-order valence-corrected chi connectivity index (χ2v) is 7.57. The van der Waals surface area contributed by atoms with Crippen LogP contribution in [0.1, 0.15) is 6.92 Å². The Bertz CT molecular complexity index is 1060. The summed E-state index contributed by atoms with van der Waals surface area (Å²) >= 11 is 7.34. The Hall–Kier alpha value is -2.57. The molecule has 0 unspecified atom stereocenters. The van der Waals surface area contributed by atoms with Crippen molar-refractivity contribution < 1.29 is 4.79 Å². The van der Waals surface area contributed by atoms with Crippen molar-refractivity contribution >= 4 is 40.2 Å². The van der Waals surface area contributed by atoms with Crippen LogP contribution in [0, 0.1) is 0 Å². The highest BCUT2D eigenvalue weighted by molar-refractivity contribution is 8.00. The molecule has 1 amide bonds. The van der Waals surface area contributed by atoms with E-state index in [-0.39, 0.29) is 11.5 Å². The van der Waals surface area contributed by atoms with E-state index < -0.39 is 5.25 Å². The summed E-state index contributed by atoms with van der Waals surface area (Å²) in [5, 5.41) is 3.77. The molecule has 2 aromatic carbocycles. The van der Waals surface area contributed by atoms with Gasteiger partial charge < -0.3 is 5.32 Å². The molecule has 0 aliphatic heterocycles. The molecule has 0 aliphatic rings. The average Bonchev–Trinajstić information content (AvgIpc) is 2.66. The summed E-state index contributed by atoms with van der Waals surface area (Å²) in [6, 6.07) is 14.1. The van der Waals surface area contributed by atoms with Gasteiger partial charge in [0.05, 0.1) is 21.8 Å². The number of halogens is 1. The maximum Gasteiger partial charge on any atom is 0.266 e. The molecule has 1 aromatic heterocycles. The minimum atomic E-state index is -0.441. The third kappa shape index (κ3) is 4.23. The smallest absolute Gasteiger partial charge is 0.266 e. The molecular formula is C20H18ClN3O2S. The van der Waals surface area contributed by atoms with Gasteiger partial charge in [-0.2, -0.15) is 0 Å². The van der Waals surface area contributed by atoms with Gasteiger partial charge in [-0.05, 0) is 37.3 Å². The van der Waals surface area contributed by atoms with Crippen molar-refractivity contribution in [3.8, 4) is 5.69 Å². The van der Waals surface area contributed by atoms with Crippen molar-refractivity contribution in [1.82, 2.24) is 14.9 Å². The topological polar surface area (TPSA) is 64.0 Å². The number of fused-ring (bicyclic) bond motifs is 1. The first-order valence-corrected chi connectivity index (χ1v) is 9.60. The summed E-state index contributed by atoms with van der Waals surface area (Å²) in [5.74, 6) is -0.153. The fourth-order valence-corrected chi connectivity index (χ4v) is 3.70. The van der Waals surface area contributed by atoms with E-state index >= 15 is 0 Å². The number of hydrogen-bond donors (Lipinski definition) is 1. The molecule has 0 bridgehead atoms. The molecule has 0 fully saturated rings. The van der Waals surface area contributed by atoms with Gasteiger partial charge in [-0.3, -0.25) is 14.2 Å². The first-order valence-electron chi connectivity index (χ1n) is 8.34. The van der Waals surface area contributed by atoms with E-state index in [1.807, 2.05) is 6.07 Å². The van der Waals surface area contributed by atoms with Gasteiger partial charge in [0, 0.05) is 11.6 Å². The van der Waals surface area contributed by atoms with E-state index in [9.17, 15) is 9.59 Å². The second kappa shape index (κ2) is 8.41. The Morgan fingerprint density at radius 3 is 2.85 bits per heavy atom. The van der Waals surface area contributed by atoms with Crippen LogP contribution in [0.25, 0.3) is 16.6 Å².